The van der Waals surface area contributed by atoms with Crippen LogP contribution < -0.4 is 14.8 Å². The summed E-state index contributed by atoms with van der Waals surface area (Å²) in [6.45, 7) is 5.03. The van der Waals surface area contributed by atoms with Crippen molar-refractivity contribution in [2.24, 2.45) is 0 Å². The van der Waals surface area contributed by atoms with Crippen LogP contribution in [0.4, 0.5) is 10.5 Å². The van der Waals surface area contributed by atoms with Crippen molar-refractivity contribution in [1.29, 1.82) is 0 Å². The maximum atomic E-state index is 12.7. The number of rotatable bonds is 11. The second-order valence-electron chi connectivity index (χ2n) is 7.96. The molecular weight excluding hydrogens is 520 g/mol. The second-order valence-corrected chi connectivity index (χ2v) is 9.39. The number of anilines is 1. The van der Waals surface area contributed by atoms with Gasteiger partial charge in [0.15, 0.2) is 18.1 Å². The number of hydrogen-bond acceptors (Lipinski definition) is 8. The fourth-order valence-corrected chi connectivity index (χ4v) is 4.20. The average Bonchev–Trinajstić information content (AvgIpc) is 3.10. The summed E-state index contributed by atoms with van der Waals surface area (Å²) < 4.78 is 16.5. The molecule has 0 bridgehead atoms. The molecule has 3 rings (SSSR count). The largest absolute Gasteiger partial charge is 0.490 e. The van der Waals surface area contributed by atoms with Crippen LogP contribution in [-0.2, 0) is 19.1 Å². The third-order valence-corrected chi connectivity index (χ3v) is 6.24. The van der Waals surface area contributed by atoms with E-state index in [1.54, 1.807) is 56.3 Å². The molecule has 0 saturated carbocycles. The van der Waals surface area contributed by atoms with E-state index in [0.717, 1.165) is 16.7 Å². The molecule has 1 fully saturated rings. The maximum absolute atomic E-state index is 12.7. The Morgan fingerprint density at radius 3 is 2.59 bits per heavy atom. The molecule has 11 heteroatoms. The van der Waals surface area contributed by atoms with Crippen LogP contribution in [0.5, 0.6) is 11.5 Å². The Kier molecular flexibility index (Phi) is 9.99. The number of imide groups is 1. The lowest BCUT2D eigenvalue weighted by Gasteiger charge is -2.15. The van der Waals surface area contributed by atoms with Gasteiger partial charge in [-0.3, -0.25) is 24.1 Å². The van der Waals surface area contributed by atoms with Crippen LogP contribution in [0.3, 0.4) is 0 Å². The fraction of sp³-hybridized carbons (Fsp3) is 0.308. The predicted octanol–water partition coefficient (Wildman–Crippen LogP) is 5.13. The summed E-state index contributed by atoms with van der Waals surface area (Å²) >= 11 is 6.67. The minimum absolute atomic E-state index is 0.165. The molecule has 0 unspecified atom stereocenters. The van der Waals surface area contributed by atoms with Crippen molar-refractivity contribution in [3.63, 3.8) is 0 Å². The van der Waals surface area contributed by atoms with E-state index < -0.39 is 23.7 Å². The molecule has 9 nitrogen and oxygen atoms in total. The molecule has 3 amide bonds. The molecule has 0 aromatic heterocycles. The molecule has 1 atom stereocenters. The van der Waals surface area contributed by atoms with Gasteiger partial charge in [0.1, 0.15) is 6.54 Å². The molecule has 0 aliphatic carbocycles. The lowest BCUT2D eigenvalue weighted by Crippen LogP contribution is -2.35. The standard InChI is InChI=1S/C26H27ClN2O7S/c1-4-16(3)36-24(31)14-29-25(32)22(37-26(29)33)12-17-9-10-20(21(11-17)34-5-2)35-15-23(30)28-19-8-6-7-18(27)13-19/h6-13,16H,4-5,14-15H2,1-3H3,(H,28,30)/b22-12+/t16-/m1/s1. The van der Waals surface area contributed by atoms with Crippen LogP contribution in [0, 0.1) is 0 Å². The summed E-state index contributed by atoms with van der Waals surface area (Å²) in [7, 11) is 0. The first kappa shape index (κ1) is 28.1. The number of hydrogen-bond donors (Lipinski definition) is 1. The number of esters is 1. The molecule has 196 valence electrons. The van der Waals surface area contributed by atoms with Crippen molar-refractivity contribution in [3.05, 3.63) is 58.0 Å². The lowest BCUT2D eigenvalue weighted by molar-refractivity contribution is -0.150. The Balaban J connectivity index is 1.67. The number of benzene rings is 2. The first-order chi connectivity index (χ1) is 17.7. The molecule has 1 N–H and O–H groups in total. The van der Waals surface area contributed by atoms with Gasteiger partial charge in [0.25, 0.3) is 17.1 Å². The van der Waals surface area contributed by atoms with E-state index in [0.29, 0.717) is 40.8 Å². The van der Waals surface area contributed by atoms with Gasteiger partial charge in [0, 0.05) is 10.7 Å². The fourth-order valence-electron chi connectivity index (χ4n) is 3.17. The van der Waals surface area contributed by atoms with Gasteiger partial charge in [-0.25, -0.2) is 0 Å². The number of nitrogens with one attached hydrogen (secondary N) is 1. The first-order valence-electron chi connectivity index (χ1n) is 11.6. The van der Waals surface area contributed by atoms with Crippen LogP contribution >= 0.6 is 23.4 Å². The van der Waals surface area contributed by atoms with E-state index in [4.69, 9.17) is 25.8 Å². The van der Waals surface area contributed by atoms with Crippen molar-refractivity contribution in [2.75, 3.05) is 25.1 Å². The summed E-state index contributed by atoms with van der Waals surface area (Å²) in [5, 5.41) is 2.64. The number of ether oxygens (including phenoxy) is 3. The summed E-state index contributed by atoms with van der Waals surface area (Å²) in [4.78, 5) is 50.4. The number of amides is 3. The van der Waals surface area contributed by atoms with Gasteiger partial charge in [0.05, 0.1) is 17.6 Å². The Hall–Kier alpha value is -3.50. The molecule has 1 heterocycles. The zero-order valence-corrected chi connectivity index (χ0v) is 22.2. The van der Waals surface area contributed by atoms with Gasteiger partial charge in [-0.15, -0.1) is 0 Å². The summed E-state index contributed by atoms with van der Waals surface area (Å²) in [6.07, 6.45) is 1.86. The summed E-state index contributed by atoms with van der Waals surface area (Å²) in [5.74, 6) is -0.900. The monoisotopic (exact) mass is 546 g/mol. The van der Waals surface area contributed by atoms with Crippen LogP contribution in [0.1, 0.15) is 32.8 Å². The SMILES string of the molecule is CCOc1cc(/C=C2/SC(=O)N(CC(=O)O[C@H](C)CC)C2=O)ccc1OCC(=O)Nc1cccc(Cl)c1. The van der Waals surface area contributed by atoms with Crippen molar-refractivity contribution in [3.8, 4) is 11.5 Å². The number of carbonyl (C=O) groups is 4. The topological polar surface area (TPSA) is 111 Å². The van der Waals surface area contributed by atoms with E-state index >= 15 is 0 Å². The summed E-state index contributed by atoms with van der Waals surface area (Å²) in [6, 6.07) is 11.7. The van der Waals surface area contributed by atoms with E-state index in [1.165, 1.54) is 6.08 Å². The molecule has 37 heavy (non-hydrogen) atoms. The van der Waals surface area contributed by atoms with E-state index in [9.17, 15) is 19.2 Å². The van der Waals surface area contributed by atoms with Crippen LogP contribution in [-0.4, -0.2) is 53.8 Å². The van der Waals surface area contributed by atoms with Crippen LogP contribution in [0.25, 0.3) is 6.08 Å². The molecule has 2 aromatic carbocycles. The van der Waals surface area contributed by atoms with E-state index in [-0.39, 0.29) is 23.5 Å². The van der Waals surface area contributed by atoms with Crippen molar-refractivity contribution in [1.82, 2.24) is 4.90 Å². The highest BCUT2D eigenvalue weighted by Crippen LogP contribution is 2.34. The van der Waals surface area contributed by atoms with Gasteiger partial charge in [-0.05, 0) is 74.0 Å². The molecule has 1 aliphatic heterocycles. The maximum Gasteiger partial charge on any atom is 0.326 e. The highest BCUT2D eigenvalue weighted by atomic mass is 35.5. The highest BCUT2D eigenvalue weighted by Gasteiger charge is 2.37. The van der Waals surface area contributed by atoms with Gasteiger partial charge in [-0.2, -0.15) is 0 Å². The number of nitrogens with zero attached hydrogens (tertiary/aromatic N) is 1. The Bertz CT molecular complexity index is 1220. The van der Waals surface area contributed by atoms with Crippen molar-refractivity contribution >= 4 is 58.1 Å². The quantitative estimate of drug-likeness (QED) is 0.305. The molecule has 1 aliphatic rings. The van der Waals surface area contributed by atoms with E-state index in [2.05, 4.69) is 5.32 Å². The number of thioether (sulfide) groups is 1. The van der Waals surface area contributed by atoms with Gasteiger partial charge in [0.2, 0.25) is 0 Å². The molecule has 0 spiro atoms. The third kappa shape index (κ3) is 7.99. The van der Waals surface area contributed by atoms with Gasteiger partial charge in [-0.1, -0.05) is 30.7 Å². The van der Waals surface area contributed by atoms with Crippen LogP contribution in [0.15, 0.2) is 47.4 Å². The number of carbonyl (C=O) groups excluding carboxylic acids is 4. The summed E-state index contributed by atoms with van der Waals surface area (Å²) in [5.41, 5.74) is 1.12. The lowest BCUT2D eigenvalue weighted by atomic mass is 10.2. The molecule has 0 radical (unpaired) electrons. The molecule has 1 saturated heterocycles. The second kappa shape index (κ2) is 13.2. The Morgan fingerprint density at radius 2 is 1.89 bits per heavy atom. The predicted molar refractivity (Wildman–Crippen MR) is 142 cm³/mol. The van der Waals surface area contributed by atoms with E-state index in [1.807, 2.05) is 6.92 Å². The molecule has 2 aromatic rings. The van der Waals surface area contributed by atoms with Gasteiger partial charge >= 0.3 is 5.97 Å². The normalized spacial score (nSPS) is 15.0. The van der Waals surface area contributed by atoms with Crippen LogP contribution in [0.2, 0.25) is 5.02 Å². The van der Waals surface area contributed by atoms with Gasteiger partial charge < -0.3 is 19.5 Å². The smallest absolute Gasteiger partial charge is 0.326 e. The Morgan fingerprint density at radius 1 is 1.11 bits per heavy atom. The minimum atomic E-state index is -0.641. The molecular formula is C26H27ClN2O7S. The third-order valence-electron chi connectivity index (χ3n) is 5.10. The zero-order chi connectivity index (χ0) is 26.9. The first-order valence-corrected chi connectivity index (χ1v) is 12.8. The number of halogens is 1. The van der Waals surface area contributed by atoms with Crippen molar-refractivity contribution < 1.29 is 33.4 Å². The highest BCUT2D eigenvalue weighted by molar-refractivity contribution is 8.18. The van der Waals surface area contributed by atoms with Crippen molar-refractivity contribution in [2.45, 2.75) is 33.3 Å². The minimum Gasteiger partial charge on any atom is -0.490 e. The average molecular weight is 547 g/mol. The Labute approximate surface area is 224 Å². The zero-order valence-electron chi connectivity index (χ0n) is 20.6.